The molecule has 0 fully saturated rings. The highest BCUT2D eigenvalue weighted by Crippen LogP contribution is 2.32. The number of nitrogen functional groups attached to an aromatic ring is 1. The number of aryl methyl sites for hydroxylation is 1. The molecule has 3 nitrogen and oxygen atoms in total. The van der Waals surface area contributed by atoms with E-state index in [4.69, 9.17) is 5.73 Å². The molecule has 15 heavy (non-hydrogen) atoms. The molecule has 0 saturated carbocycles. The lowest BCUT2D eigenvalue weighted by Crippen LogP contribution is -2.24. The number of halogens is 3. The summed E-state index contributed by atoms with van der Waals surface area (Å²) in [6.45, 7) is 1.26. The van der Waals surface area contributed by atoms with Gasteiger partial charge < -0.3 is 5.73 Å². The molecule has 0 atom stereocenters. The summed E-state index contributed by atoms with van der Waals surface area (Å²) in [6.07, 6.45) is 0. The molecule has 0 spiro atoms. The molecule has 0 aliphatic heterocycles. The monoisotopic (exact) mass is 239 g/mol. The third-order valence-corrected chi connectivity index (χ3v) is 3.44. The van der Waals surface area contributed by atoms with E-state index in [1.807, 2.05) is 0 Å². The van der Waals surface area contributed by atoms with Gasteiger partial charge >= 0.3 is 5.51 Å². The van der Waals surface area contributed by atoms with Crippen molar-refractivity contribution in [3.05, 3.63) is 23.8 Å². The van der Waals surface area contributed by atoms with Crippen molar-refractivity contribution in [2.75, 3.05) is 5.73 Å². The van der Waals surface area contributed by atoms with Gasteiger partial charge in [0.2, 0.25) is 0 Å². The van der Waals surface area contributed by atoms with Gasteiger partial charge in [-0.3, -0.25) is 0 Å². The molecule has 2 N–H and O–H groups in total. The fourth-order valence-corrected chi connectivity index (χ4v) is 2.08. The van der Waals surface area contributed by atoms with E-state index in [2.05, 4.69) is 0 Å². The Balaban J connectivity index is 3.42. The molecular weight excluding hydrogens is 231 g/mol. The zero-order chi connectivity index (χ0) is 11.9. The van der Waals surface area contributed by atoms with Crippen molar-refractivity contribution in [1.82, 2.24) is 0 Å². The van der Waals surface area contributed by atoms with Crippen LogP contribution in [-0.4, -0.2) is 13.9 Å². The van der Waals surface area contributed by atoms with Crippen LogP contribution in [0, 0.1) is 6.92 Å². The molecule has 0 amide bonds. The van der Waals surface area contributed by atoms with Crippen LogP contribution in [-0.2, 0) is 9.84 Å². The van der Waals surface area contributed by atoms with Gasteiger partial charge in [0.15, 0.2) is 0 Å². The Bertz CT molecular complexity index is 479. The van der Waals surface area contributed by atoms with E-state index in [1.165, 1.54) is 13.0 Å². The normalized spacial score (nSPS) is 12.8. The summed E-state index contributed by atoms with van der Waals surface area (Å²) in [7, 11) is -5.28. The van der Waals surface area contributed by atoms with E-state index in [0.29, 0.717) is 0 Å². The quantitative estimate of drug-likeness (QED) is 0.761. The molecule has 0 bridgehead atoms. The van der Waals surface area contributed by atoms with Crippen molar-refractivity contribution in [2.24, 2.45) is 0 Å². The highest BCUT2D eigenvalue weighted by atomic mass is 32.2. The minimum Gasteiger partial charge on any atom is -0.399 e. The predicted molar refractivity (Wildman–Crippen MR) is 48.8 cm³/mol. The average molecular weight is 239 g/mol. The van der Waals surface area contributed by atoms with Crippen LogP contribution in [0.15, 0.2) is 23.1 Å². The van der Waals surface area contributed by atoms with E-state index in [0.717, 1.165) is 12.1 Å². The van der Waals surface area contributed by atoms with Gasteiger partial charge in [-0.1, -0.05) is 0 Å². The Labute approximate surface area is 84.6 Å². The minimum atomic E-state index is -5.28. The van der Waals surface area contributed by atoms with Gasteiger partial charge in [0.25, 0.3) is 9.84 Å². The SMILES string of the molecule is Cc1cc(N)ccc1S(=O)(=O)C(F)(F)F. The smallest absolute Gasteiger partial charge is 0.399 e. The van der Waals surface area contributed by atoms with E-state index < -0.39 is 20.2 Å². The number of anilines is 1. The first kappa shape index (κ1) is 11.8. The molecule has 0 aliphatic rings. The molecule has 1 rings (SSSR count). The molecule has 1 aromatic carbocycles. The molecule has 7 heteroatoms. The Morgan fingerprint density at radius 3 is 2.20 bits per heavy atom. The summed E-state index contributed by atoms with van der Waals surface area (Å²) in [4.78, 5) is -0.760. The Hall–Kier alpha value is -1.24. The Morgan fingerprint density at radius 2 is 1.80 bits per heavy atom. The molecule has 0 radical (unpaired) electrons. The predicted octanol–water partition coefficient (Wildman–Crippen LogP) is 1.87. The minimum absolute atomic E-state index is 0.0210. The average Bonchev–Trinajstić information content (AvgIpc) is 2.00. The van der Waals surface area contributed by atoms with Crippen LogP contribution >= 0.6 is 0 Å². The van der Waals surface area contributed by atoms with Crippen LogP contribution in [0.1, 0.15) is 5.56 Å². The lowest BCUT2D eigenvalue weighted by Gasteiger charge is -2.10. The number of hydrogen-bond donors (Lipinski definition) is 1. The summed E-state index contributed by atoms with van der Waals surface area (Å²) < 4.78 is 58.6. The number of benzene rings is 1. The summed E-state index contributed by atoms with van der Waals surface area (Å²) in [5.41, 5.74) is 0.215. The van der Waals surface area contributed by atoms with Crippen molar-refractivity contribution in [3.8, 4) is 0 Å². The summed E-state index contributed by atoms with van der Waals surface area (Å²) >= 11 is 0. The first-order valence-corrected chi connectivity index (χ1v) is 5.32. The number of hydrogen-bond acceptors (Lipinski definition) is 3. The van der Waals surface area contributed by atoms with Gasteiger partial charge in [0, 0.05) is 5.69 Å². The van der Waals surface area contributed by atoms with Crippen LogP contribution in [0.2, 0.25) is 0 Å². The Morgan fingerprint density at radius 1 is 1.27 bits per heavy atom. The van der Waals surface area contributed by atoms with Gasteiger partial charge in [-0.25, -0.2) is 8.42 Å². The zero-order valence-electron chi connectivity index (χ0n) is 7.67. The largest absolute Gasteiger partial charge is 0.501 e. The number of sulfone groups is 1. The van der Waals surface area contributed by atoms with Crippen LogP contribution < -0.4 is 5.73 Å². The first-order valence-electron chi connectivity index (χ1n) is 3.84. The molecule has 0 aliphatic carbocycles. The fraction of sp³-hybridized carbons (Fsp3) is 0.250. The fourth-order valence-electron chi connectivity index (χ4n) is 1.10. The lowest BCUT2D eigenvalue weighted by atomic mass is 10.2. The maximum Gasteiger partial charge on any atom is 0.501 e. The summed E-state index contributed by atoms with van der Waals surface area (Å²) in [5, 5.41) is 0. The van der Waals surface area contributed by atoms with Gasteiger partial charge in [0.1, 0.15) is 0 Å². The topological polar surface area (TPSA) is 60.2 Å². The van der Waals surface area contributed by atoms with Gasteiger partial charge in [0.05, 0.1) is 4.90 Å². The standard InChI is InChI=1S/C8H8F3NO2S/c1-5-4-6(12)2-3-7(5)15(13,14)8(9,10)11/h2-4H,12H2,1H3. The summed E-state index contributed by atoms with van der Waals surface area (Å²) in [6, 6.07) is 3.15. The molecule has 1 aromatic rings. The third-order valence-electron chi connectivity index (χ3n) is 1.79. The van der Waals surface area contributed by atoms with E-state index in [-0.39, 0.29) is 11.3 Å². The van der Waals surface area contributed by atoms with E-state index in [9.17, 15) is 21.6 Å². The molecular formula is C8H8F3NO2S. The molecule has 0 unspecified atom stereocenters. The van der Waals surface area contributed by atoms with Crippen molar-refractivity contribution in [1.29, 1.82) is 0 Å². The third kappa shape index (κ3) is 2.06. The second-order valence-electron chi connectivity index (χ2n) is 2.97. The lowest BCUT2D eigenvalue weighted by molar-refractivity contribution is -0.0436. The van der Waals surface area contributed by atoms with Crippen molar-refractivity contribution in [2.45, 2.75) is 17.3 Å². The van der Waals surface area contributed by atoms with E-state index in [1.54, 1.807) is 0 Å². The highest BCUT2D eigenvalue weighted by molar-refractivity contribution is 7.92. The van der Waals surface area contributed by atoms with Gasteiger partial charge in [-0.15, -0.1) is 0 Å². The van der Waals surface area contributed by atoms with Crippen LogP contribution in [0.3, 0.4) is 0 Å². The second kappa shape index (κ2) is 3.41. The highest BCUT2D eigenvalue weighted by Gasteiger charge is 2.47. The van der Waals surface area contributed by atoms with E-state index >= 15 is 0 Å². The van der Waals surface area contributed by atoms with Gasteiger partial charge in [-0.05, 0) is 30.7 Å². The molecule has 84 valence electrons. The molecule has 0 heterocycles. The van der Waals surface area contributed by atoms with Crippen molar-refractivity contribution >= 4 is 15.5 Å². The van der Waals surface area contributed by atoms with Crippen LogP contribution in [0.25, 0.3) is 0 Å². The van der Waals surface area contributed by atoms with Gasteiger partial charge in [-0.2, -0.15) is 13.2 Å². The van der Waals surface area contributed by atoms with Crippen molar-refractivity contribution in [3.63, 3.8) is 0 Å². The molecule has 0 saturated heterocycles. The molecule has 0 aromatic heterocycles. The number of alkyl halides is 3. The first-order chi connectivity index (χ1) is 6.66. The Kier molecular flexibility index (Phi) is 2.69. The second-order valence-corrected chi connectivity index (χ2v) is 4.88. The maximum atomic E-state index is 12.2. The number of nitrogens with two attached hydrogens (primary N) is 1. The van der Waals surface area contributed by atoms with Crippen LogP contribution in [0.4, 0.5) is 18.9 Å². The zero-order valence-corrected chi connectivity index (χ0v) is 8.48. The maximum absolute atomic E-state index is 12.2. The number of rotatable bonds is 1. The van der Waals surface area contributed by atoms with Crippen molar-refractivity contribution < 1.29 is 21.6 Å². The van der Waals surface area contributed by atoms with Crippen LogP contribution in [0.5, 0.6) is 0 Å². The summed E-state index contributed by atoms with van der Waals surface area (Å²) in [5.74, 6) is 0.